The topological polar surface area (TPSA) is 125 Å². The molecule has 1 N–H and O–H groups in total. The van der Waals surface area contributed by atoms with E-state index < -0.39 is 0 Å². The first-order chi connectivity index (χ1) is 19.4. The van der Waals surface area contributed by atoms with E-state index in [1.165, 1.54) is 17.5 Å². The number of hydrogen-bond acceptors (Lipinski definition) is 8. The van der Waals surface area contributed by atoms with Crippen molar-refractivity contribution in [3.8, 4) is 40.3 Å². The average Bonchev–Trinajstić information content (AvgIpc) is 3.69. The zero-order chi connectivity index (χ0) is 27.9. The number of thiazole rings is 1. The Morgan fingerprint density at radius 2 is 1.82 bits per heavy atom. The van der Waals surface area contributed by atoms with E-state index in [9.17, 15) is 15.3 Å². The Labute approximate surface area is 234 Å². The number of ether oxygens (including phenoxy) is 1. The molecule has 0 saturated heterocycles. The van der Waals surface area contributed by atoms with E-state index in [0.29, 0.717) is 43.5 Å². The van der Waals surface area contributed by atoms with E-state index >= 15 is 0 Å². The van der Waals surface area contributed by atoms with E-state index in [0.717, 1.165) is 35.4 Å². The number of benzene rings is 2. The lowest BCUT2D eigenvalue weighted by Gasteiger charge is -2.13. The highest BCUT2D eigenvalue weighted by atomic mass is 32.1. The van der Waals surface area contributed by atoms with Crippen molar-refractivity contribution in [2.75, 3.05) is 12.4 Å². The number of methoxy groups -OCH3 is 1. The second kappa shape index (κ2) is 9.88. The number of hydrogen-bond donors (Lipinski definition) is 1. The van der Waals surface area contributed by atoms with Crippen LogP contribution in [0.2, 0.25) is 0 Å². The molecule has 3 heterocycles. The van der Waals surface area contributed by atoms with Crippen LogP contribution in [0.1, 0.15) is 40.0 Å². The highest BCUT2D eigenvalue weighted by Gasteiger charge is 2.44. The molecule has 5 aromatic rings. The summed E-state index contributed by atoms with van der Waals surface area (Å²) in [5.74, 6) is 0.164. The number of amides is 1. The molecule has 3 aromatic heterocycles. The molecule has 8 nitrogen and oxygen atoms in total. The minimum absolute atomic E-state index is 0.322. The van der Waals surface area contributed by atoms with Gasteiger partial charge >= 0.3 is 0 Å². The molecule has 0 aliphatic heterocycles. The summed E-state index contributed by atoms with van der Waals surface area (Å²) in [4.78, 5) is 27.8. The average molecular weight is 543 g/mol. The number of carbonyl (C=O) groups is 1. The summed E-state index contributed by atoms with van der Waals surface area (Å²) in [6, 6.07) is 23.2. The first-order valence-electron chi connectivity index (χ1n) is 12.6. The molecule has 1 saturated carbocycles. The number of aryl methyl sites for hydroxylation is 1. The third-order valence-electron chi connectivity index (χ3n) is 7.08. The number of nitrogens with zero attached hydrogens (tertiary/aromatic N) is 5. The molecule has 0 spiro atoms. The highest BCUT2D eigenvalue weighted by molar-refractivity contribution is 7.22. The molecule has 0 bridgehead atoms. The minimum Gasteiger partial charge on any atom is -0.496 e. The Bertz CT molecular complexity index is 1880. The van der Waals surface area contributed by atoms with Crippen molar-refractivity contribution in [1.29, 1.82) is 10.5 Å². The largest absolute Gasteiger partial charge is 0.496 e. The summed E-state index contributed by atoms with van der Waals surface area (Å²) in [7, 11) is 1.55. The molecule has 40 heavy (non-hydrogen) atoms. The zero-order valence-electron chi connectivity index (χ0n) is 21.7. The predicted octanol–water partition coefficient (Wildman–Crippen LogP) is 6.42. The summed E-state index contributed by atoms with van der Waals surface area (Å²) >= 11 is 1.28. The molecule has 2 aromatic carbocycles. The van der Waals surface area contributed by atoms with Crippen LogP contribution in [-0.4, -0.2) is 28.0 Å². The smallest absolute Gasteiger partial charge is 0.259 e. The fraction of sp³-hybridized carbons (Fsp3) is 0.161. The Balaban J connectivity index is 1.29. The first-order valence-corrected chi connectivity index (χ1v) is 13.4. The van der Waals surface area contributed by atoms with Crippen molar-refractivity contribution in [2.24, 2.45) is 0 Å². The van der Waals surface area contributed by atoms with E-state index in [-0.39, 0.29) is 11.3 Å². The predicted molar refractivity (Wildman–Crippen MR) is 153 cm³/mol. The van der Waals surface area contributed by atoms with Gasteiger partial charge in [-0.3, -0.25) is 15.1 Å². The van der Waals surface area contributed by atoms with Crippen molar-refractivity contribution in [1.82, 2.24) is 15.0 Å². The molecule has 0 atom stereocenters. The molecule has 194 valence electrons. The van der Waals surface area contributed by atoms with Gasteiger partial charge in [-0.2, -0.15) is 10.5 Å². The van der Waals surface area contributed by atoms with Gasteiger partial charge in [-0.05, 0) is 61.7 Å². The number of pyridine rings is 2. The van der Waals surface area contributed by atoms with Gasteiger partial charge in [-0.25, -0.2) is 9.97 Å². The van der Waals surface area contributed by atoms with Crippen molar-refractivity contribution >= 4 is 32.7 Å². The lowest BCUT2D eigenvalue weighted by Crippen LogP contribution is -2.14. The molecule has 1 fully saturated rings. The Morgan fingerprint density at radius 1 is 1.02 bits per heavy atom. The van der Waals surface area contributed by atoms with Crippen LogP contribution in [0.4, 0.5) is 5.13 Å². The zero-order valence-corrected chi connectivity index (χ0v) is 22.5. The van der Waals surface area contributed by atoms with Gasteiger partial charge < -0.3 is 4.74 Å². The fourth-order valence-corrected chi connectivity index (χ4v) is 5.53. The van der Waals surface area contributed by atoms with Gasteiger partial charge in [0.1, 0.15) is 16.1 Å². The van der Waals surface area contributed by atoms with Crippen LogP contribution >= 0.6 is 11.3 Å². The van der Waals surface area contributed by atoms with Gasteiger partial charge in [0, 0.05) is 28.6 Å². The van der Waals surface area contributed by atoms with Crippen LogP contribution in [0.3, 0.4) is 0 Å². The van der Waals surface area contributed by atoms with E-state index in [4.69, 9.17) is 9.72 Å². The third-order valence-corrected chi connectivity index (χ3v) is 7.96. The summed E-state index contributed by atoms with van der Waals surface area (Å²) in [5, 5.41) is 22.2. The standard InChI is InChI=1S/C31H22N6O2S/c1-18-13-22(23-14-19(15-32)3-10-27(23)39-2)24(16-34-18)28(38)37-30-36-26-9-8-25(35-29(26)40-30)20-4-6-21(7-5-20)31(17-33)11-12-31/h3-10,13-14,16H,11-12H2,1-2H3,(H,36,37,38). The van der Waals surface area contributed by atoms with Gasteiger partial charge in [0.25, 0.3) is 5.91 Å². The van der Waals surface area contributed by atoms with Crippen molar-refractivity contribution in [3.05, 3.63) is 89.2 Å². The lowest BCUT2D eigenvalue weighted by molar-refractivity contribution is 0.102. The highest BCUT2D eigenvalue weighted by Crippen LogP contribution is 2.47. The van der Waals surface area contributed by atoms with Gasteiger partial charge in [0.05, 0.1) is 41.5 Å². The van der Waals surface area contributed by atoms with Crippen molar-refractivity contribution in [2.45, 2.75) is 25.2 Å². The summed E-state index contributed by atoms with van der Waals surface area (Å²) in [6.07, 6.45) is 3.33. The molecule has 1 aliphatic rings. The Hall–Kier alpha value is -5.12. The molecule has 0 radical (unpaired) electrons. The first kappa shape index (κ1) is 25.2. The molecule has 0 unspecified atom stereocenters. The second-order valence-corrected chi connectivity index (χ2v) is 10.6. The maximum Gasteiger partial charge on any atom is 0.259 e. The van der Waals surface area contributed by atoms with Gasteiger partial charge in [0.15, 0.2) is 5.13 Å². The van der Waals surface area contributed by atoms with Crippen molar-refractivity contribution < 1.29 is 9.53 Å². The second-order valence-electron chi connectivity index (χ2n) is 9.66. The molecular weight excluding hydrogens is 520 g/mol. The number of anilines is 1. The van der Waals surface area contributed by atoms with Crippen molar-refractivity contribution in [3.63, 3.8) is 0 Å². The quantitative estimate of drug-likeness (QED) is 0.263. The van der Waals surface area contributed by atoms with Gasteiger partial charge in [-0.1, -0.05) is 35.6 Å². The van der Waals surface area contributed by atoms with Gasteiger partial charge in [0.2, 0.25) is 0 Å². The van der Waals surface area contributed by atoms with E-state index in [1.54, 1.807) is 31.4 Å². The van der Waals surface area contributed by atoms with Crippen LogP contribution < -0.4 is 10.1 Å². The molecule has 1 aliphatic carbocycles. The third kappa shape index (κ3) is 4.53. The van der Waals surface area contributed by atoms with Crippen LogP contribution in [0.25, 0.3) is 32.7 Å². The number of nitriles is 2. The monoisotopic (exact) mass is 542 g/mol. The fourth-order valence-electron chi connectivity index (χ4n) is 4.70. The van der Waals surface area contributed by atoms with Crippen LogP contribution in [-0.2, 0) is 5.41 Å². The van der Waals surface area contributed by atoms with Crippen LogP contribution in [0, 0.1) is 29.6 Å². The SMILES string of the molecule is COc1ccc(C#N)cc1-c1cc(C)ncc1C(=O)Nc1nc2ccc(-c3ccc(C4(C#N)CC4)cc3)nc2s1. The molecule has 6 rings (SSSR count). The maximum atomic E-state index is 13.4. The maximum absolute atomic E-state index is 13.4. The Kier molecular flexibility index (Phi) is 6.22. The number of rotatable bonds is 6. The number of carbonyl (C=O) groups excluding carboxylic acids is 1. The molecule has 9 heteroatoms. The van der Waals surface area contributed by atoms with E-state index in [2.05, 4.69) is 27.4 Å². The van der Waals surface area contributed by atoms with Crippen LogP contribution in [0.15, 0.2) is 66.9 Å². The summed E-state index contributed by atoms with van der Waals surface area (Å²) < 4.78 is 5.52. The van der Waals surface area contributed by atoms with Gasteiger partial charge in [-0.15, -0.1) is 0 Å². The minimum atomic E-state index is -0.381. The van der Waals surface area contributed by atoms with Crippen LogP contribution in [0.5, 0.6) is 5.75 Å². The van der Waals surface area contributed by atoms with E-state index in [1.807, 2.05) is 43.3 Å². The number of aromatic nitrogens is 3. The summed E-state index contributed by atoms with van der Waals surface area (Å²) in [6.45, 7) is 1.84. The lowest BCUT2D eigenvalue weighted by atomic mass is 9.96. The molecular formula is C31H22N6O2S. The number of fused-ring (bicyclic) bond motifs is 1. The number of nitrogens with one attached hydrogen (secondary N) is 1. The molecule has 1 amide bonds. The Morgan fingerprint density at radius 3 is 2.52 bits per heavy atom. The summed E-state index contributed by atoms with van der Waals surface area (Å²) in [5.41, 5.74) is 5.87. The normalized spacial score (nSPS) is 13.3.